The summed E-state index contributed by atoms with van der Waals surface area (Å²) in [6.07, 6.45) is 1.80. The van der Waals surface area contributed by atoms with Crippen molar-refractivity contribution in [2.45, 2.75) is 19.6 Å². The van der Waals surface area contributed by atoms with Gasteiger partial charge in [0.2, 0.25) is 0 Å². The molecule has 3 aromatic rings. The fourth-order valence-corrected chi connectivity index (χ4v) is 2.87. The molecule has 0 saturated carbocycles. The zero-order chi connectivity index (χ0) is 19.8. The van der Waals surface area contributed by atoms with Crippen LogP contribution in [0.2, 0.25) is 5.02 Å². The Balaban J connectivity index is 0.00000300. The first-order valence-electron chi connectivity index (χ1n) is 9.06. The van der Waals surface area contributed by atoms with Crippen LogP contribution in [0.4, 0.5) is 0 Å². The molecule has 29 heavy (non-hydrogen) atoms. The van der Waals surface area contributed by atoms with E-state index in [1.54, 1.807) is 29.9 Å². The topological polar surface area (TPSA) is 58.4 Å². The predicted molar refractivity (Wildman–Crippen MR) is 130 cm³/mol. The van der Waals surface area contributed by atoms with Gasteiger partial charge in [0.15, 0.2) is 5.96 Å². The molecule has 1 aromatic heterocycles. The molecule has 0 aliphatic rings. The Kier molecular flexibility index (Phi) is 9.21. The van der Waals surface area contributed by atoms with Crippen LogP contribution in [0.15, 0.2) is 82.7 Å². The first kappa shape index (κ1) is 23.0. The van der Waals surface area contributed by atoms with Crippen LogP contribution in [-0.4, -0.2) is 17.6 Å². The number of nitrogens with one attached hydrogen (secondary N) is 2. The second-order valence-corrected chi connectivity index (χ2v) is 6.83. The van der Waals surface area contributed by atoms with Crippen molar-refractivity contribution in [3.05, 3.63) is 105 Å². The average Bonchev–Trinajstić information content (AvgIpc) is 2.72. The Bertz CT molecular complexity index is 985. The SMILES string of the molecule is CN=C(NCc1ccc(Cl)cc1)NCc1ccc(Cn2ccccc2=O)cc1.I. The molecule has 2 N–H and O–H groups in total. The van der Waals surface area contributed by atoms with Gasteiger partial charge < -0.3 is 15.2 Å². The van der Waals surface area contributed by atoms with Crippen LogP contribution in [-0.2, 0) is 19.6 Å². The Labute approximate surface area is 192 Å². The lowest BCUT2D eigenvalue weighted by molar-refractivity contribution is 0.758. The Morgan fingerprint density at radius 1 is 0.897 bits per heavy atom. The van der Waals surface area contributed by atoms with Gasteiger partial charge in [-0.15, -0.1) is 24.0 Å². The molecule has 0 radical (unpaired) electrons. The highest BCUT2D eigenvalue weighted by Crippen LogP contribution is 2.09. The van der Waals surface area contributed by atoms with E-state index < -0.39 is 0 Å². The lowest BCUT2D eigenvalue weighted by Gasteiger charge is -2.12. The standard InChI is InChI=1S/C22H23ClN4O.HI/c1-24-22(26-15-18-9-11-20(23)12-10-18)25-14-17-5-7-19(8-6-17)16-27-13-3-2-4-21(27)28;/h2-13H,14-16H2,1H3,(H2,24,25,26);1H. The number of hydrogen-bond donors (Lipinski definition) is 2. The molecule has 0 amide bonds. The number of benzene rings is 2. The molecule has 0 aliphatic carbocycles. The third-order valence-corrected chi connectivity index (χ3v) is 4.58. The first-order valence-corrected chi connectivity index (χ1v) is 9.44. The van der Waals surface area contributed by atoms with E-state index in [1.165, 1.54) is 0 Å². The van der Waals surface area contributed by atoms with Crippen molar-refractivity contribution in [3.63, 3.8) is 0 Å². The summed E-state index contributed by atoms with van der Waals surface area (Å²) in [5.74, 6) is 0.731. The lowest BCUT2D eigenvalue weighted by atomic mass is 10.1. The lowest BCUT2D eigenvalue weighted by Crippen LogP contribution is -2.36. The molecule has 1 heterocycles. The van der Waals surface area contributed by atoms with E-state index in [4.69, 9.17) is 11.6 Å². The smallest absolute Gasteiger partial charge is 0.250 e. The van der Waals surface area contributed by atoms with Gasteiger partial charge in [-0.25, -0.2) is 0 Å². The molecule has 5 nitrogen and oxygen atoms in total. The van der Waals surface area contributed by atoms with E-state index in [0.717, 1.165) is 27.7 Å². The fraction of sp³-hybridized carbons (Fsp3) is 0.182. The van der Waals surface area contributed by atoms with E-state index in [0.29, 0.717) is 19.6 Å². The third-order valence-electron chi connectivity index (χ3n) is 4.33. The van der Waals surface area contributed by atoms with Crippen LogP contribution < -0.4 is 16.2 Å². The third kappa shape index (κ3) is 7.21. The van der Waals surface area contributed by atoms with Gasteiger partial charge >= 0.3 is 0 Å². The van der Waals surface area contributed by atoms with Crippen molar-refractivity contribution in [1.29, 1.82) is 0 Å². The van der Waals surface area contributed by atoms with Crippen LogP contribution >= 0.6 is 35.6 Å². The highest BCUT2D eigenvalue weighted by atomic mass is 127. The van der Waals surface area contributed by atoms with Crippen molar-refractivity contribution in [3.8, 4) is 0 Å². The summed E-state index contributed by atoms with van der Waals surface area (Å²) in [5, 5.41) is 7.32. The van der Waals surface area contributed by atoms with Gasteiger partial charge in [-0.05, 0) is 34.9 Å². The number of guanidine groups is 1. The number of rotatable bonds is 6. The second-order valence-electron chi connectivity index (χ2n) is 6.39. The minimum atomic E-state index is 0. The zero-order valence-corrected chi connectivity index (χ0v) is 19.2. The first-order chi connectivity index (χ1) is 13.6. The summed E-state index contributed by atoms with van der Waals surface area (Å²) < 4.78 is 1.69. The molecule has 0 fully saturated rings. The Morgan fingerprint density at radius 2 is 1.45 bits per heavy atom. The molecular formula is C22H24ClIN4O. The van der Waals surface area contributed by atoms with Crippen molar-refractivity contribution < 1.29 is 0 Å². The molecule has 0 spiro atoms. The minimum Gasteiger partial charge on any atom is -0.352 e. The molecule has 2 aromatic carbocycles. The van der Waals surface area contributed by atoms with E-state index in [2.05, 4.69) is 27.8 Å². The van der Waals surface area contributed by atoms with Gasteiger partial charge in [0.1, 0.15) is 0 Å². The molecule has 152 valence electrons. The van der Waals surface area contributed by atoms with E-state index in [1.807, 2.05) is 42.5 Å². The normalized spacial score (nSPS) is 10.9. The Hall–Kier alpha value is -2.32. The molecule has 0 saturated heterocycles. The highest BCUT2D eigenvalue weighted by molar-refractivity contribution is 14.0. The van der Waals surface area contributed by atoms with Crippen molar-refractivity contribution in [1.82, 2.24) is 15.2 Å². The molecular weight excluding hydrogens is 499 g/mol. The summed E-state index contributed by atoms with van der Waals surface area (Å²) in [6, 6.07) is 21.1. The zero-order valence-electron chi connectivity index (χ0n) is 16.1. The van der Waals surface area contributed by atoms with Crippen LogP contribution in [0.3, 0.4) is 0 Å². The number of aromatic nitrogens is 1. The van der Waals surface area contributed by atoms with Crippen molar-refractivity contribution >= 4 is 41.5 Å². The molecule has 0 aliphatic heterocycles. The highest BCUT2D eigenvalue weighted by Gasteiger charge is 2.01. The van der Waals surface area contributed by atoms with Gasteiger partial charge in [-0.3, -0.25) is 9.79 Å². The van der Waals surface area contributed by atoms with Crippen LogP contribution in [0.5, 0.6) is 0 Å². The van der Waals surface area contributed by atoms with E-state index in [-0.39, 0.29) is 29.5 Å². The maximum atomic E-state index is 11.8. The fourth-order valence-electron chi connectivity index (χ4n) is 2.74. The quantitative estimate of drug-likeness (QED) is 0.292. The summed E-state index contributed by atoms with van der Waals surface area (Å²) in [6.45, 7) is 1.89. The van der Waals surface area contributed by atoms with Gasteiger partial charge in [-0.2, -0.15) is 0 Å². The van der Waals surface area contributed by atoms with Gasteiger partial charge in [0, 0.05) is 37.4 Å². The van der Waals surface area contributed by atoms with Crippen LogP contribution in [0, 0.1) is 0 Å². The van der Waals surface area contributed by atoms with E-state index in [9.17, 15) is 4.79 Å². The molecule has 7 heteroatoms. The number of halogens is 2. The van der Waals surface area contributed by atoms with Crippen LogP contribution in [0.1, 0.15) is 16.7 Å². The summed E-state index contributed by atoms with van der Waals surface area (Å²) in [4.78, 5) is 16.1. The maximum Gasteiger partial charge on any atom is 0.250 e. The number of hydrogen-bond acceptors (Lipinski definition) is 2. The average molecular weight is 523 g/mol. The second kappa shape index (κ2) is 11.6. The molecule has 0 atom stereocenters. The van der Waals surface area contributed by atoms with Gasteiger partial charge in [0.05, 0.1) is 6.54 Å². The van der Waals surface area contributed by atoms with E-state index >= 15 is 0 Å². The summed E-state index contributed by atoms with van der Waals surface area (Å²) in [5.41, 5.74) is 3.36. The minimum absolute atomic E-state index is 0. The molecule has 3 rings (SSSR count). The largest absolute Gasteiger partial charge is 0.352 e. The monoisotopic (exact) mass is 522 g/mol. The van der Waals surface area contributed by atoms with Crippen molar-refractivity contribution in [2.75, 3.05) is 7.05 Å². The van der Waals surface area contributed by atoms with Crippen molar-refractivity contribution in [2.24, 2.45) is 4.99 Å². The van der Waals surface area contributed by atoms with Gasteiger partial charge in [-0.1, -0.05) is 54.1 Å². The Morgan fingerprint density at radius 3 is 2.00 bits per heavy atom. The molecule has 0 bridgehead atoms. The number of aliphatic imine (C=N–C) groups is 1. The van der Waals surface area contributed by atoms with Gasteiger partial charge in [0.25, 0.3) is 5.56 Å². The summed E-state index contributed by atoms with van der Waals surface area (Å²) >= 11 is 5.91. The summed E-state index contributed by atoms with van der Waals surface area (Å²) in [7, 11) is 1.75. The van der Waals surface area contributed by atoms with Crippen LogP contribution in [0.25, 0.3) is 0 Å². The number of nitrogens with zero attached hydrogens (tertiary/aromatic N) is 2. The predicted octanol–water partition coefficient (Wildman–Crippen LogP) is 4.03. The maximum absolute atomic E-state index is 11.8. The molecule has 0 unspecified atom stereocenters. The number of pyridine rings is 1.